The molecule has 44 heavy (non-hydrogen) atoms. The first-order valence-electron chi connectivity index (χ1n) is 15.4. The molecule has 0 amide bonds. The molecule has 14 nitrogen and oxygen atoms in total. The molecule has 0 aliphatic heterocycles. The average Bonchev–Trinajstić information content (AvgIpc) is 3.03. The van der Waals surface area contributed by atoms with Crippen LogP contribution in [0, 0.1) is 10.1 Å². The largest absolute Gasteiger partial charge is 0.491 e. The topological polar surface area (TPSA) is 145 Å². The number of nitro groups is 1. The molecule has 1 rings (SSSR count). The Morgan fingerprint density at radius 3 is 1.00 bits per heavy atom. The number of unbranched alkanes of at least 4 members (excludes halogenated alkanes) is 1. The van der Waals surface area contributed by atoms with Crippen molar-refractivity contribution in [3.63, 3.8) is 0 Å². The van der Waals surface area contributed by atoms with E-state index in [-0.39, 0.29) is 5.69 Å². The first kappa shape index (κ1) is 40.0. The third-order valence-electron chi connectivity index (χ3n) is 5.53. The minimum Gasteiger partial charge on any atom is -0.491 e. The molecular weight excluding hydrogens is 582 g/mol. The Balaban J connectivity index is 1.65. The number of rotatable bonds is 35. The Kier molecular flexibility index (Phi) is 29.5. The second-order valence-electron chi connectivity index (χ2n) is 9.08. The first-order valence-corrected chi connectivity index (χ1v) is 15.4. The molecule has 0 N–H and O–H groups in total. The maximum atomic E-state index is 10.6. The van der Waals surface area contributed by atoms with Crippen molar-refractivity contribution < 1.29 is 57.0 Å². The van der Waals surface area contributed by atoms with Crippen LogP contribution in [0.4, 0.5) is 5.69 Å². The summed E-state index contributed by atoms with van der Waals surface area (Å²) in [5.74, 6) is 0.558. The summed E-state index contributed by atoms with van der Waals surface area (Å²) in [4.78, 5) is 10.2. The van der Waals surface area contributed by atoms with Crippen LogP contribution in [0.1, 0.15) is 19.8 Å². The molecule has 0 aliphatic carbocycles. The lowest BCUT2D eigenvalue weighted by Gasteiger charge is -2.09. The number of benzene rings is 1. The zero-order valence-corrected chi connectivity index (χ0v) is 26.3. The van der Waals surface area contributed by atoms with Gasteiger partial charge in [-0.2, -0.15) is 0 Å². The fourth-order valence-electron chi connectivity index (χ4n) is 3.21. The number of nitrogens with zero attached hydrogens (tertiary/aromatic N) is 1. The van der Waals surface area contributed by atoms with Gasteiger partial charge in [-0.05, 0) is 18.6 Å². The number of nitro benzene ring substituents is 1. The minimum absolute atomic E-state index is 0.0271. The summed E-state index contributed by atoms with van der Waals surface area (Å²) >= 11 is 0. The maximum absolute atomic E-state index is 10.6. The molecule has 0 saturated heterocycles. The summed E-state index contributed by atoms with van der Waals surface area (Å²) < 4.78 is 59.9. The number of non-ortho nitro benzene ring substituents is 1. The molecule has 0 heterocycles. The fraction of sp³-hybridized carbons (Fsp3) is 0.800. The van der Waals surface area contributed by atoms with Gasteiger partial charge in [0.15, 0.2) is 0 Å². The highest BCUT2D eigenvalue weighted by Crippen LogP contribution is 2.17. The standard InChI is InChI=1S/C30H53NO13/c1-2-3-8-34-9-10-35-11-12-36-13-14-37-15-16-38-17-18-39-19-20-40-21-22-41-23-24-42-25-26-43-27-28-44-30-6-4-29(5-7-30)31(32)33/h4-7H,2-3,8-28H2,1H3. The van der Waals surface area contributed by atoms with Crippen LogP contribution >= 0.6 is 0 Å². The van der Waals surface area contributed by atoms with E-state index < -0.39 is 4.92 Å². The summed E-state index contributed by atoms with van der Waals surface area (Å²) in [5, 5.41) is 10.6. The quantitative estimate of drug-likeness (QED) is 0.0613. The summed E-state index contributed by atoms with van der Waals surface area (Å²) in [7, 11) is 0. The van der Waals surface area contributed by atoms with Crippen LogP contribution in [0.25, 0.3) is 0 Å². The Labute approximate surface area is 261 Å². The van der Waals surface area contributed by atoms with Gasteiger partial charge >= 0.3 is 0 Å². The molecule has 0 spiro atoms. The first-order chi connectivity index (χ1) is 21.7. The molecule has 0 aromatic heterocycles. The van der Waals surface area contributed by atoms with E-state index in [9.17, 15) is 10.1 Å². The second-order valence-corrected chi connectivity index (χ2v) is 9.08. The summed E-state index contributed by atoms with van der Waals surface area (Å²) in [6, 6.07) is 5.91. The Hall–Kier alpha value is -1.98. The Morgan fingerprint density at radius 1 is 0.455 bits per heavy atom. The molecule has 0 bridgehead atoms. The monoisotopic (exact) mass is 635 g/mol. The molecular formula is C30H53NO13. The van der Waals surface area contributed by atoms with Gasteiger partial charge in [-0.3, -0.25) is 10.1 Å². The highest BCUT2D eigenvalue weighted by Gasteiger charge is 2.04. The van der Waals surface area contributed by atoms with Crippen LogP contribution in [0.2, 0.25) is 0 Å². The molecule has 1 aromatic rings. The number of hydrogen-bond donors (Lipinski definition) is 0. The molecule has 14 heteroatoms. The van der Waals surface area contributed by atoms with Crippen molar-refractivity contribution in [1.29, 1.82) is 0 Å². The van der Waals surface area contributed by atoms with Crippen molar-refractivity contribution in [1.82, 2.24) is 0 Å². The van der Waals surface area contributed by atoms with Gasteiger partial charge in [0.25, 0.3) is 5.69 Å². The smallest absolute Gasteiger partial charge is 0.269 e. The fourth-order valence-corrected chi connectivity index (χ4v) is 3.21. The Bertz CT molecular complexity index is 742. The van der Waals surface area contributed by atoms with Gasteiger partial charge in [-0.15, -0.1) is 0 Å². The van der Waals surface area contributed by atoms with Crippen molar-refractivity contribution in [3.05, 3.63) is 34.4 Å². The minimum atomic E-state index is -0.451. The predicted molar refractivity (Wildman–Crippen MR) is 162 cm³/mol. The molecule has 0 unspecified atom stereocenters. The van der Waals surface area contributed by atoms with Gasteiger partial charge in [0.05, 0.1) is 130 Å². The van der Waals surface area contributed by atoms with E-state index in [1.807, 2.05) is 0 Å². The molecule has 0 atom stereocenters. The lowest BCUT2D eigenvalue weighted by atomic mass is 10.3. The number of ether oxygens (including phenoxy) is 11. The molecule has 256 valence electrons. The van der Waals surface area contributed by atoms with Crippen LogP contribution in [-0.4, -0.2) is 144 Å². The average molecular weight is 636 g/mol. The normalized spacial score (nSPS) is 11.3. The summed E-state index contributed by atoms with van der Waals surface area (Å²) in [5.41, 5.74) is 0.0271. The van der Waals surface area contributed by atoms with Crippen LogP contribution in [-0.2, 0) is 47.4 Å². The molecule has 1 aromatic carbocycles. The summed E-state index contributed by atoms with van der Waals surface area (Å²) in [6.45, 7) is 12.9. The Morgan fingerprint density at radius 2 is 0.727 bits per heavy atom. The van der Waals surface area contributed by atoms with Gasteiger partial charge in [0.1, 0.15) is 12.4 Å². The van der Waals surface area contributed by atoms with Crippen LogP contribution in [0.15, 0.2) is 24.3 Å². The highest BCUT2D eigenvalue weighted by molar-refractivity contribution is 5.35. The van der Waals surface area contributed by atoms with E-state index in [2.05, 4.69) is 6.92 Å². The van der Waals surface area contributed by atoms with Crippen molar-refractivity contribution in [2.75, 3.05) is 139 Å². The van der Waals surface area contributed by atoms with Crippen LogP contribution < -0.4 is 4.74 Å². The van der Waals surface area contributed by atoms with E-state index in [1.165, 1.54) is 12.1 Å². The van der Waals surface area contributed by atoms with Crippen LogP contribution in [0.3, 0.4) is 0 Å². The zero-order valence-electron chi connectivity index (χ0n) is 26.3. The predicted octanol–water partition coefficient (Wildman–Crippen LogP) is 2.94. The second kappa shape index (κ2) is 32.4. The highest BCUT2D eigenvalue weighted by atomic mass is 16.6. The maximum Gasteiger partial charge on any atom is 0.269 e. The van der Waals surface area contributed by atoms with Crippen molar-refractivity contribution in [3.8, 4) is 5.75 Å². The lowest BCUT2D eigenvalue weighted by Crippen LogP contribution is -2.15. The van der Waals surface area contributed by atoms with Crippen LogP contribution in [0.5, 0.6) is 5.75 Å². The van der Waals surface area contributed by atoms with Crippen molar-refractivity contribution in [2.24, 2.45) is 0 Å². The van der Waals surface area contributed by atoms with Crippen molar-refractivity contribution in [2.45, 2.75) is 19.8 Å². The van der Waals surface area contributed by atoms with Gasteiger partial charge in [-0.25, -0.2) is 0 Å². The van der Waals surface area contributed by atoms with Gasteiger partial charge < -0.3 is 52.1 Å². The molecule has 0 radical (unpaired) electrons. The SMILES string of the molecule is CCCCOCCOCCOCCOCCOCCOCCOCCOCCOCCOCCOc1ccc([N+](=O)[O-])cc1. The zero-order chi connectivity index (χ0) is 31.6. The van der Waals surface area contributed by atoms with E-state index in [4.69, 9.17) is 52.1 Å². The van der Waals surface area contributed by atoms with E-state index >= 15 is 0 Å². The van der Waals surface area contributed by atoms with E-state index in [0.717, 1.165) is 19.4 Å². The third-order valence-corrected chi connectivity index (χ3v) is 5.53. The van der Waals surface area contributed by atoms with Gasteiger partial charge in [-0.1, -0.05) is 13.3 Å². The molecule has 0 aliphatic rings. The van der Waals surface area contributed by atoms with Gasteiger partial charge in [0, 0.05) is 18.7 Å². The lowest BCUT2D eigenvalue weighted by molar-refractivity contribution is -0.384. The summed E-state index contributed by atoms with van der Waals surface area (Å²) in [6.07, 6.45) is 2.23. The van der Waals surface area contributed by atoms with Crippen molar-refractivity contribution >= 4 is 5.69 Å². The molecule has 0 fully saturated rings. The van der Waals surface area contributed by atoms with E-state index in [1.54, 1.807) is 12.1 Å². The molecule has 0 saturated carbocycles. The van der Waals surface area contributed by atoms with Gasteiger partial charge in [0.2, 0.25) is 0 Å². The van der Waals surface area contributed by atoms with E-state index in [0.29, 0.717) is 138 Å². The number of hydrogen-bond acceptors (Lipinski definition) is 13. The third kappa shape index (κ3) is 27.6.